The molecule has 0 aliphatic rings. The molecule has 98 valence electrons. The first-order valence-corrected chi connectivity index (χ1v) is 5.95. The van der Waals surface area contributed by atoms with Gasteiger partial charge in [0, 0.05) is 23.7 Å². The molecule has 0 aliphatic carbocycles. The Balaban J connectivity index is 2.25. The van der Waals surface area contributed by atoms with Crippen molar-refractivity contribution < 1.29 is 14.3 Å². The van der Waals surface area contributed by atoms with Crippen molar-refractivity contribution in [3.05, 3.63) is 34.9 Å². The number of hydrogen-bond acceptors (Lipinski definition) is 3. The van der Waals surface area contributed by atoms with E-state index in [0.717, 1.165) is 0 Å². The first-order valence-electron chi connectivity index (χ1n) is 5.58. The molecule has 0 fully saturated rings. The van der Waals surface area contributed by atoms with Crippen molar-refractivity contribution in [2.24, 2.45) is 0 Å². The fourth-order valence-corrected chi connectivity index (χ4v) is 1.35. The molecular weight excluding hydrogens is 256 g/mol. The van der Waals surface area contributed by atoms with E-state index in [2.05, 4.69) is 15.4 Å². The van der Waals surface area contributed by atoms with Crippen LogP contribution in [0.25, 0.3) is 0 Å². The Morgan fingerprint density at radius 1 is 1.17 bits per heavy atom. The van der Waals surface area contributed by atoms with Gasteiger partial charge in [-0.2, -0.15) is 0 Å². The molecule has 0 aromatic heterocycles. The van der Waals surface area contributed by atoms with Crippen molar-refractivity contribution in [1.29, 1.82) is 0 Å². The zero-order valence-electron chi connectivity index (χ0n) is 10.0. The number of amides is 2. The minimum atomic E-state index is -0.488. The second kappa shape index (κ2) is 7.55. The highest BCUT2D eigenvalue weighted by Crippen LogP contribution is 2.08. The molecule has 2 N–H and O–H groups in total. The minimum absolute atomic E-state index is 0.211. The summed E-state index contributed by atoms with van der Waals surface area (Å²) in [5.74, 6) is -0.211. The van der Waals surface area contributed by atoms with Crippen LogP contribution in [0.2, 0.25) is 5.02 Å². The van der Waals surface area contributed by atoms with Crippen LogP contribution in [0.15, 0.2) is 24.3 Å². The average molecular weight is 271 g/mol. The number of nitrogens with one attached hydrogen (secondary N) is 2. The van der Waals surface area contributed by atoms with Crippen molar-refractivity contribution in [2.75, 3.05) is 19.7 Å². The molecule has 0 aliphatic heterocycles. The van der Waals surface area contributed by atoms with E-state index in [4.69, 9.17) is 11.6 Å². The number of rotatable bonds is 5. The van der Waals surface area contributed by atoms with Gasteiger partial charge in [-0.25, -0.2) is 4.79 Å². The van der Waals surface area contributed by atoms with Crippen molar-refractivity contribution in [3.63, 3.8) is 0 Å². The average Bonchev–Trinajstić information content (AvgIpc) is 2.35. The van der Waals surface area contributed by atoms with Gasteiger partial charge in [0.2, 0.25) is 0 Å². The summed E-state index contributed by atoms with van der Waals surface area (Å²) >= 11 is 5.71. The van der Waals surface area contributed by atoms with Crippen molar-refractivity contribution in [3.8, 4) is 0 Å². The van der Waals surface area contributed by atoms with E-state index in [9.17, 15) is 9.59 Å². The molecule has 0 saturated carbocycles. The van der Waals surface area contributed by atoms with Crippen molar-refractivity contribution in [1.82, 2.24) is 10.6 Å². The van der Waals surface area contributed by atoms with E-state index < -0.39 is 6.09 Å². The van der Waals surface area contributed by atoms with E-state index in [1.165, 1.54) is 0 Å². The molecule has 1 rings (SSSR count). The van der Waals surface area contributed by atoms with Gasteiger partial charge in [0.25, 0.3) is 5.91 Å². The molecule has 6 heteroatoms. The molecule has 0 atom stereocenters. The van der Waals surface area contributed by atoms with Gasteiger partial charge in [0.05, 0.1) is 6.61 Å². The fourth-order valence-electron chi connectivity index (χ4n) is 1.23. The van der Waals surface area contributed by atoms with Gasteiger partial charge in [-0.1, -0.05) is 11.6 Å². The van der Waals surface area contributed by atoms with Crippen LogP contribution < -0.4 is 10.6 Å². The Labute approximate surface area is 110 Å². The third-order valence-electron chi connectivity index (χ3n) is 2.06. The summed E-state index contributed by atoms with van der Waals surface area (Å²) in [4.78, 5) is 22.6. The molecule has 2 amide bonds. The van der Waals surface area contributed by atoms with Gasteiger partial charge in [-0.15, -0.1) is 0 Å². The lowest BCUT2D eigenvalue weighted by molar-refractivity contribution is 0.0952. The predicted octanol–water partition coefficient (Wildman–Crippen LogP) is 1.82. The summed E-state index contributed by atoms with van der Waals surface area (Å²) in [6.45, 7) is 2.70. The van der Waals surface area contributed by atoms with Crippen LogP contribution in [0.5, 0.6) is 0 Å². The number of halogens is 1. The maximum absolute atomic E-state index is 11.6. The van der Waals surface area contributed by atoms with E-state index in [1.54, 1.807) is 31.2 Å². The Morgan fingerprint density at radius 2 is 1.78 bits per heavy atom. The smallest absolute Gasteiger partial charge is 0.407 e. The first kappa shape index (κ1) is 14.3. The quantitative estimate of drug-likeness (QED) is 0.802. The summed E-state index contributed by atoms with van der Waals surface area (Å²) in [7, 11) is 0. The molecule has 0 heterocycles. The van der Waals surface area contributed by atoms with Crippen LogP contribution in [0.1, 0.15) is 17.3 Å². The Bertz CT molecular complexity index is 406. The molecule has 0 saturated heterocycles. The number of carbonyl (C=O) groups is 2. The van der Waals surface area contributed by atoms with Crippen LogP contribution in [0.3, 0.4) is 0 Å². The van der Waals surface area contributed by atoms with Crippen LogP contribution in [0.4, 0.5) is 4.79 Å². The zero-order valence-corrected chi connectivity index (χ0v) is 10.8. The molecule has 0 bridgehead atoms. The Hall–Kier alpha value is -1.75. The highest BCUT2D eigenvalue weighted by Gasteiger charge is 2.04. The number of benzene rings is 1. The molecule has 0 spiro atoms. The predicted molar refractivity (Wildman–Crippen MR) is 68.8 cm³/mol. The maximum Gasteiger partial charge on any atom is 0.407 e. The van der Waals surface area contributed by atoms with E-state index >= 15 is 0 Å². The second-order valence-corrected chi connectivity index (χ2v) is 3.85. The van der Waals surface area contributed by atoms with Gasteiger partial charge in [-0.05, 0) is 31.2 Å². The highest BCUT2D eigenvalue weighted by molar-refractivity contribution is 6.30. The van der Waals surface area contributed by atoms with E-state index in [-0.39, 0.29) is 5.91 Å². The Morgan fingerprint density at radius 3 is 2.39 bits per heavy atom. The fraction of sp³-hybridized carbons (Fsp3) is 0.333. The molecule has 1 aromatic rings. The summed E-state index contributed by atoms with van der Waals surface area (Å²) in [5.41, 5.74) is 0.524. The van der Waals surface area contributed by atoms with Gasteiger partial charge in [-0.3, -0.25) is 4.79 Å². The molecule has 18 heavy (non-hydrogen) atoms. The summed E-state index contributed by atoms with van der Waals surface area (Å²) in [6.07, 6.45) is -0.488. The number of ether oxygens (including phenoxy) is 1. The highest BCUT2D eigenvalue weighted by atomic mass is 35.5. The number of carbonyl (C=O) groups excluding carboxylic acids is 2. The lowest BCUT2D eigenvalue weighted by Gasteiger charge is -2.07. The topological polar surface area (TPSA) is 67.4 Å². The third-order valence-corrected chi connectivity index (χ3v) is 2.31. The van der Waals surface area contributed by atoms with E-state index in [0.29, 0.717) is 30.3 Å². The number of alkyl carbamates (subject to hydrolysis) is 1. The second-order valence-electron chi connectivity index (χ2n) is 3.41. The van der Waals surface area contributed by atoms with Crippen LogP contribution >= 0.6 is 11.6 Å². The number of hydrogen-bond donors (Lipinski definition) is 2. The minimum Gasteiger partial charge on any atom is -0.450 e. The van der Waals surface area contributed by atoms with Crippen LogP contribution in [0, 0.1) is 0 Å². The molecule has 1 aromatic carbocycles. The Kier molecular flexibility index (Phi) is 6.00. The van der Waals surface area contributed by atoms with Crippen LogP contribution in [-0.4, -0.2) is 31.7 Å². The maximum atomic E-state index is 11.6. The molecule has 5 nitrogen and oxygen atoms in total. The molecular formula is C12H15ClN2O3. The molecule has 0 radical (unpaired) electrons. The first-order chi connectivity index (χ1) is 8.63. The molecule has 0 unspecified atom stereocenters. The lowest BCUT2D eigenvalue weighted by Crippen LogP contribution is -2.34. The SMILES string of the molecule is CCOC(=O)NCCNC(=O)c1ccc(Cl)cc1. The van der Waals surface area contributed by atoms with Gasteiger partial charge in [0.1, 0.15) is 0 Å². The van der Waals surface area contributed by atoms with Crippen LogP contribution in [-0.2, 0) is 4.74 Å². The summed E-state index contributed by atoms with van der Waals surface area (Å²) < 4.78 is 4.67. The zero-order chi connectivity index (χ0) is 13.4. The van der Waals surface area contributed by atoms with Crippen molar-refractivity contribution in [2.45, 2.75) is 6.92 Å². The van der Waals surface area contributed by atoms with Gasteiger partial charge in [0.15, 0.2) is 0 Å². The summed E-state index contributed by atoms with van der Waals surface area (Å²) in [6, 6.07) is 6.56. The lowest BCUT2D eigenvalue weighted by atomic mass is 10.2. The largest absolute Gasteiger partial charge is 0.450 e. The van der Waals surface area contributed by atoms with E-state index in [1.807, 2.05) is 0 Å². The standard InChI is InChI=1S/C12H15ClN2O3/c1-2-18-12(17)15-8-7-14-11(16)9-3-5-10(13)6-4-9/h3-6H,2,7-8H2,1H3,(H,14,16)(H,15,17). The van der Waals surface area contributed by atoms with Gasteiger partial charge >= 0.3 is 6.09 Å². The van der Waals surface area contributed by atoms with Gasteiger partial charge < -0.3 is 15.4 Å². The monoisotopic (exact) mass is 270 g/mol. The van der Waals surface area contributed by atoms with Crippen molar-refractivity contribution >= 4 is 23.6 Å². The third kappa shape index (κ3) is 5.05. The summed E-state index contributed by atoms with van der Waals surface area (Å²) in [5, 5.41) is 5.75. The normalized spacial score (nSPS) is 9.67.